The van der Waals surface area contributed by atoms with Crippen molar-refractivity contribution in [2.45, 2.75) is 32.5 Å². The molecule has 9 heteroatoms. The summed E-state index contributed by atoms with van der Waals surface area (Å²) in [6.07, 6.45) is 2.89. The van der Waals surface area contributed by atoms with Gasteiger partial charge in [-0.2, -0.15) is 0 Å². The number of nitrogens with zero attached hydrogens (tertiary/aromatic N) is 5. The van der Waals surface area contributed by atoms with Crippen molar-refractivity contribution in [3.05, 3.63) is 47.2 Å². The lowest BCUT2D eigenvalue weighted by Gasteiger charge is -2.12. The Hall–Kier alpha value is -2.65. The minimum Gasteiger partial charge on any atom is -0.378 e. The summed E-state index contributed by atoms with van der Waals surface area (Å²) in [5, 5.41) is 20.8. The van der Waals surface area contributed by atoms with Crippen molar-refractivity contribution >= 4 is 17.2 Å². The minimum atomic E-state index is -0.270. The maximum absolute atomic E-state index is 12.3. The molecular formula is C18H20N6O2S. The maximum Gasteiger partial charge on any atom is 0.273 e. The van der Waals surface area contributed by atoms with Crippen molar-refractivity contribution in [2.75, 3.05) is 6.61 Å². The summed E-state index contributed by atoms with van der Waals surface area (Å²) >= 11 is 1.46. The first kappa shape index (κ1) is 17.7. The van der Waals surface area contributed by atoms with Crippen molar-refractivity contribution in [1.29, 1.82) is 0 Å². The van der Waals surface area contributed by atoms with Crippen LogP contribution in [0.15, 0.2) is 36.5 Å². The Morgan fingerprint density at radius 3 is 2.93 bits per heavy atom. The highest BCUT2D eigenvalue weighted by molar-refractivity contribution is 7.14. The number of carbonyl (C=O) groups excluding carboxylic acids is 1. The Morgan fingerprint density at radius 1 is 1.30 bits per heavy atom. The van der Waals surface area contributed by atoms with Gasteiger partial charge in [0, 0.05) is 24.6 Å². The van der Waals surface area contributed by atoms with Crippen molar-refractivity contribution in [3.8, 4) is 10.6 Å². The van der Waals surface area contributed by atoms with Gasteiger partial charge in [-0.25, -0.2) is 0 Å². The number of hydrogen-bond donors (Lipinski definition) is 1. The number of aromatic nitrogens is 5. The van der Waals surface area contributed by atoms with Crippen LogP contribution >= 0.6 is 11.3 Å². The molecule has 1 fully saturated rings. The Labute approximate surface area is 160 Å². The molecule has 1 aromatic carbocycles. The first-order valence-corrected chi connectivity index (χ1v) is 9.68. The number of carbonyl (C=O) groups is 1. The fourth-order valence-electron chi connectivity index (χ4n) is 3.02. The molecule has 1 aliphatic heterocycles. The zero-order chi connectivity index (χ0) is 18.6. The molecule has 8 nitrogen and oxygen atoms in total. The quantitative estimate of drug-likeness (QED) is 0.700. The van der Waals surface area contributed by atoms with Gasteiger partial charge in [0.15, 0.2) is 5.69 Å². The SMILES string of the molecule is C[C@H]1OCC[C@H]1Cn1cc(C(=O)NCc2nnc(-c3ccccc3)s2)nn1. The van der Waals surface area contributed by atoms with Gasteiger partial charge in [0.05, 0.1) is 18.8 Å². The van der Waals surface area contributed by atoms with Crippen LogP contribution in [0.4, 0.5) is 0 Å². The predicted molar refractivity (Wildman–Crippen MR) is 100 cm³/mol. The van der Waals surface area contributed by atoms with E-state index in [1.54, 1.807) is 10.9 Å². The van der Waals surface area contributed by atoms with Crippen molar-refractivity contribution in [3.63, 3.8) is 0 Å². The summed E-state index contributed by atoms with van der Waals surface area (Å²) in [6, 6.07) is 9.84. The van der Waals surface area contributed by atoms with E-state index in [2.05, 4.69) is 32.7 Å². The van der Waals surface area contributed by atoms with Gasteiger partial charge in [-0.1, -0.05) is 46.9 Å². The Kier molecular flexibility index (Phi) is 5.21. The first-order chi connectivity index (χ1) is 13.2. The molecule has 27 heavy (non-hydrogen) atoms. The van der Waals surface area contributed by atoms with Crippen LogP contribution in [0.25, 0.3) is 10.6 Å². The summed E-state index contributed by atoms with van der Waals surface area (Å²) in [4.78, 5) is 12.3. The molecular weight excluding hydrogens is 364 g/mol. The molecule has 0 saturated carbocycles. The second kappa shape index (κ2) is 7.93. The largest absolute Gasteiger partial charge is 0.378 e. The molecule has 0 bridgehead atoms. The molecule has 2 atom stereocenters. The number of rotatable bonds is 6. The summed E-state index contributed by atoms with van der Waals surface area (Å²) in [5.74, 6) is 0.133. The summed E-state index contributed by atoms with van der Waals surface area (Å²) in [6.45, 7) is 3.86. The van der Waals surface area contributed by atoms with Crippen LogP contribution in [-0.4, -0.2) is 43.8 Å². The zero-order valence-corrected chi connectivity index (χ0v) is 15.7. The highest BCUT2D eigenvalue weighted by Crippen LogP contribution is 2.23. The van der Waals surface area contributed by atoms with Crippen LogP contribution in [0.5, 0.6) is 0 Å². The fourth-order valence-corrected chi connectivity index (χ4v) is 3.80. The van der Waals surface area contributed by atoms with Gasteiger partial charge in [0.25, 0.3) is 5.91 Å². The molecule has 2 aromatic heterocycles. The third-order valence-electron chi connectivity index (χ3n) is 4.61. The van der Waals surface area contributed by atoms with E-state index >= 15 is 0 Å². The third-order valence-corrected chi connectivity index (χ3v) is 5.59. The number of ether oxygens (including phenoxy) is 1. The number of hydrogen-bond acceptors (Lipinski definition) is 7. The summed E-state index contributed by atoms with van der Waals surface area (Å²) < 4.78 is 7.27. The van der Waals surface area contributed by atoms with Crippen LogP contribution in [0.2, 0.25) is 0 Å². The maximum atomic E-state index is 12.3. The molecule has 3 aromatic rings. The molecule has 0 spiro atoms. The molecule has 4 rings (SSSR count). The molecule has 140 valence electrons. The zero-order valence-electron chi connectivity index (χ0n) is 14.9. The van der Waals surface area contributed by atoms with E-state index in [9.17, 15) is 4.79 Å². The number of benzene rings is 1. The first-order valence-electron chi connectivity index (χ1n) is 8.87. The summed E-state index contributed by atoms with van der Waals surface area (Å²) in [7, 11) is 0. The highest BCUT2D eigenvalue weighted by atomic mass is 32.1. The molecule has 0 unspecified atom stereocenters. The van der Waals surface area contributed by atoms with Gasteiger partial charge in [-0.3, -0.25) is 9.48 Å². The number of nitrogens with one attached hydrogen (secondary N) is 1. The third kappa shape index (κ3) is 4.20. The van der Waals surface area contributed by atoms with Gasteiger partial charge in [-0.05, 0) is 13.3 Å². The van der Waals surface area contributed by atoms with Gasteiger partial charge in [0.2, 0.25) is 0 Å². The second-order valence-corrected chi connectivity index (χ2v) is 7.56. The van der Waals surface area contributed by atoms with E-state index in [-0.39, 0.29) is 12.0 Å². The van der Waals surface area contributed by atoms with Crippen LogP contribution in [0.3, 0.4) is 0 Å². The van der Waals surface area contributed by atoms with E-state index < -0.39 is 0 Å². The molecule has 3 heterocycles. The highest BCUT2D eigenvalue weighted by Gasteiger charge is 2.25. The lowest BCUT2D eigenvalue weighted by molar-refractivity contribution is 0.0945. The average molecular weight is 384 g/mol. The van der Waals surface area contributed by atoms with Crippen molar-refractivity contribution in [1.82, 2.24) is 30.5 Å². The molecule has 1 amide bonds. The molecule has 1 aliphatic rings. The standard InChI is InChI=1S/C18H20N6O2S/c1-12-14(7-8-26-12)10-24-11-15(20-23-24)17(25)19-9-16-21-22-18(27-16)13-5-3-2-4-6-13/h2-6,11-12,14H,7-10H2,1H3,(H,19,25)/t12-,14+/m1/s1. The van der Waals surface area contributed by atoms with Crippen LogP contribution < -0.4 is 5.32 Å². The van der Waals surface area contributed by atoms with E-state index in [4.69, 9.17) is 4.74 Å². The van der Waals surface area contributed by atoms with Crippen LogP contribution in [0.1, 0.15) is 28.8 Å². The van der Waals surface area contributed by atoms with E-state index in [1.807, 2.05) is 30.3 Å². The molecule has 1 N–H and O–H groups in total. The monoisotopic (exact) mass is 384 g/mol. The van der Waals surface area contributed by atoms with Crippen LogP contribution in [-0.2, 0) is 17.8 Å². The van der Waals surface area contributed by atoms with E-state index in [0.29, 0.717) is 24.7 Å². The molecule has 1 saturated heterocycles. The molecule has 0 aliphatic carbocycles. The average Bonchev–Trinajstić information content (AvgIpc) is 3.43. The minimum absolute atomic E-state index is 0.211. The Balaban J connectivity index is 1.33. The van der Waals surface area contributed by atoms with E-state index in [1.165, 1.54) is 11.3 Å². The van der Waals surface area contributed by atoms with Gasteiger partial charge >= 0.3 is 0 Å². The van der Waals surface area contributed by atoms with Gasteiger partial charge in [0.1, 0.15) is 10.0 Å². The smallest absolute Gasteiger partial charge is 0.273 e. The Bertz CT molecular complexity index is 909. The van der Waals surface area contributed by atoms with Crippen molar-refractivity contribution < 1.29 is 9.53 Å². The topological polar surface area (TPSA) is 94.8 Å². The van der Waals surface area contributed by atoms with Gasteiger partial charge in [-0.15, -0.1) is 15.3 Å². The summed E-state index contributed by atoms with van der Waals surface area (Å²) in [5.41, 5.74) is 1.31. The predicted octanol–water partition coefficient (Wildman–Crippen LogP) is 2.15. The number of amides is 1. The fraction of sp³-hybridized carbons (Fsp3) is 0.389. The molecule has 0 radical (unpaired) electrons. The van der Waals surface area contributed by atoms with Crippen LogP contribution in [0, 0.1) is 5.92 Å². The normalized spacial score (nSPS) is 19.3. The van der Waals surface area contributed by atoms with Gasteiger partial charge < -0.3 is 10.1 Å². The Morgan fingerprint density at radius 2 is 2.15 bits per heavy atom. The lowest BCUT2D eigenvalue weighted by atomic mass is 10.0. The second-order valence-electron chi connectivity index (χ2n) is 6.50. The van der Waals surface area contributed by atoms with Crippen molar-refractivity contribution in [2.24, 2.45) is 5.92 Å². The lowest BCUT2D eigenvalue weighted by Crippen LogP contribution is -2.23. The van der Waals surface area contributed by atoms with E-state index in [0.717, 1.165) is 28.6 Å².